The number of aliphatic hydroxyl groups is 1. The van der Waals surface area contributed by atoms with Crippen LogP contribution in [-0.4, -0.2) is 11.7 Å². The van der Waals surface area contributed by atoms with Gasteiger partial charge in [-0.15, -0.1) is 0 Å². The van der Waals surface area contributed by atoms with Gasteiger partial charge >= 0.3 is 0 Å². The summed E-state index contributed by atoms with van der Waals surface area (Å²) in [5.41, 5.74) is 2.02. The van der Waals surface area contributed by atoms with Crippen molar-refractivity contribution in [2.75, 3.05) is 6.61 Å². The summed E-state index contributed by atoms with van der Waals surface area (Å²) in [6.07, 6.45) is 1.11. The highest BCUT2D eigenvalue weighted by atomic mass is 16.5. The fraction of sp³-hybridized carbons (Fsp3) is 0.538. The lowest BCUT2D eigenvalue weighted by Gasteiger charge is -2.13. The van der Waals surface area contributed by atoms with Gasteiger partial charge in [0.05, 0.1) is 13.2 Å². The average Bonchev–Trinajstić information content (AvgIpc) is 2.26. The maximum absolute atomic E-state index is 9.19. The van der Waals surface area contributed by atoms with Crippen molar-refractivity contribution in [1.82, 2.24) is 0 Å². The summed E-state index contributed by atoms with van der Waals surface area (Å²) < 4.78 is 5.68. The van der Waals surface area contributed by atoms with Crippen LogP contribution in [-0.2, 0) is 6.61 Å². The predicted molar refractivity (Wildman–Crippen MR) is 62.1 cm³/mol. The van der Waals surface area contributed by atoms with Gasteiger partial charge in [-0.3, -0.25) is 0 Å². The van der Waals surface area contributed by atoms with Crippen molar-refractivity contribution in [3.63, 3.8) is 0 Å². The Labute approximate surface area is 91.9 Å². The zero-order valence-electron chi connectivity index (χ0n) is 9.79. The summed E-state index contributed by atoms with van der Waals surface area (Å²) in [5.74, 6) is 1.36. The van der Waals surface area contributed by atoms with Crippen LogP contribution in [0, 0.1) is 12.8 Å². The number of hydrogen-bond acceptors (Lipinski definition) is 2. The molecular formula is C13H20O2. The molecule has 0 aliphatic heterocycles. The minimum atomic E-state index is 0.0392. The first-order valence-corrected chi connectivity index (χ1v) is 5.50. The Hall–Kier alpha value is -1.02. The molecule has 0 spiro atoms. The van der Waals surface area contributed by atoms with E-state index < -0.39 is 0 Å². The van der Waals surface area contributed by atoms with Gasteiger partial charge in [-0.25, -0.2) is 0 Å². The molecule has 0 saturated carbocycles. The second-order valence-electron chi connectivity index (χ2n) is 4.09. The van der Waals surface area contributed by atoms with E-state index in [-0.39, 0.29) is 6.61 Å². The lowest BCUT2D eigenvalue weighted by atomic mass is 10.1. The van der Waals surface area contributed by atoms with Crippen LogP contribution in [0.2, 0.25) is 0 Å². The molecule has 1 aromatic carbocycles. The molecule has 0 fully saturated rings. The van der Waals surface area contributed by atoms with Gasteiger partial charge in [0.25, 0.3) is 0 Å². The standard InChI is InChI=1S/C13H20O2/c1-4-10(2)9-15-13-6-5-11(3)7-12(13)8-14/h5-7,10,14H,4,8-9H2,1-3H3. The molecule has 1 aromatic rings. The van der Waals surface area contributed by atoms with Gasteiger partial charge in [-0.05, 0) is 18.9 Å². The van der Waals surface area contributed by atoms with Crippen LogP contribution in [0.15, 0.2) is 18.2 Å². The van der Waals surface area contributed by atoms with Gasteiger partial charge in [0, 0.05) is 5.56 Å². The molecule has 0 heterocycles. The minimum Gasteiger partial charge on any atom is -0.493 e. The number of rotatable bonds is 5. The van der Waals surface area contributed by atoms with Crippen LogP contribution in [0.25, 0.3) is 0 Å². The van der Waals surface area contributed by atoms with Crippen molar-refractivity contribution in [1.29, 1.82) is 0 Å². The second-order valence-corrected chi connectivity index (χ2v) is 4.09. The molecule has 2 heteroatoms. The van der Waals surface area contributed by atoms with Crippen LogP contribution in [0.1, 0.15) is 31.4 Å². The first kappa shape index (κ1) is 12.1. The molecule has 0 aliphatic rings. The number of hydrogen-bond donors (Lipinski definition) is 1. The highest BCUT2D eigenvalue weighted by Crippen LogP contribution is 2.20. The molecule has 15 heavy (non-hydrogen) atoms. The lowest BCUT2D eigenvalue weighted by molar-refractivity contribution is 0.237. The SMILES string of the molecule is CCC(C)COc1ccc(C)cc1CO. The Morgan fingerprint density at radius 3 is 2.73 bits per heavy atom. The topological polar surface area (TPSA) is 29.5 Å². The van der Waals surface area contributed by atoms with E-state index in [1.165, 1.54) is 0 Å². The van der Waals surface area contributed by atoms with Crippen LogP contribution in [0.4, 0.5) is 0 Å². The quantitative estimate of drug-likeness (QED) is 0.806. The monoisotopic (exact) mass is 208 g/mol. The third kappa shape index (κ3) is 3.56. The first-order valence-electron chi connectivity index (χ1n) is 5.50. The van der Waals surface area contributed by atoms with E-state index in [4.69, 9.17) is 4.74 Å². The van der Waals surface area contributed by atoms with Gasteiger partial charge in [0.2, 0.25) is 0 Å². The van der Waals surface area contributed by atoms with Gasteiger partial charge in [0.15, 0.2) is 0 Å². The normalized spacial score (nSPS) is 12.5. The van der Waals surface area contributed by atoms with E-state index in [0.29, 0.717) is 12.5 Å². The molecule has 0 amide bonds. The van der Waals surface area contributed by atoms with Gasteiger partial charge in [0.1, 0.15) is 5.75 Å². The maximum atomic E-state index is 9.19. The molecule has 1 unspecified atom stereocenters. The summed E-state index contributed by atoms with van der Waals surface area (Å²) in [6.45, 7) is 7.07. The number of aliphatic hydroxyl groups excluding tert-OH is 1. The number of aryl methyl sites for hydroxylation is 1. The molecule has 1 N–H and O–H groups in total. The van der Waals surface area contributed by atoms with E-state index in [1.54, 1.807) is 0 Å². The van der Waals surface area contributed by atoms with E-state index >= 15 is 0 Å². The summed E-state index contributed by atoms with van der Waals surface area (Å²) in [7, 11) is 0. The van der Waals surface area contributed by atoms with Crippen LogP contribution >= 0.6 is 0 Å². The third-order valence-electron chi connectivity index (χ3n) is 2.61. The highest BCUT2D eigenvalue weighted by molar-refractivity contribution is 5.36. The highest BCUT2D eigenvalue weighted by Gasteiger charge is 2.05. The van der Waals surface area contributed by atoms with Crippen molar-refractivity contribution < 1.29 is 9.84 Å². The summed E-state index contributed by atoms with van der Waals surface area (Å²) in [5, 5.41) is 9.19. The fourth-order valence-corrected chi connectivity index (χ4v) is 1.32. The summed E-state index contributed by atoms with van der Waals surface area (Å²) in [6, 6.07) is 5.90. The Bertz CT molecular complexity index is 307. The van der Waals surface area contributed by atoms with Crippen molar-refractivity contribution in [2.24, 2.45) is 5.92 Å². The molecule has 0 saturated heterocycles. The molecular weight excluding hydrogens is 188 g/mol. The maximum Gasteiger partial charge on any atom is 0.124 e. The smallest absolute Gasteiger partial charge is 0.124 e. The zero-order chi connectivity index (χ0) is 11.3. The van der Waals surface area contributed by atoms with Crippen LogP contribution < -0.4 is 4.74 Å². The van der Waals surface area contributed by atoms with E-state index in [0.717, 1.165) is 23.3 Å². The van der Waals surface area contributed by atoms with Crippen molar-refractivity contribution >= 4 is 0 Å². The van der Waals surface area contributed by atoms with Crippen LogP contribution in [0.3, 0.4) is 0 Å². The van der Waals surface area contributed by atoms with Crippen molar-refractivity contribution in [3.05, 3.63) is 29.3 Å². The molecule has 2 nitrogen and oxygen atoms in total. The van der Waals surface area contributed by atoms with Crippen LogP contribution in [0.5, 0.6) is 5.75 Å². The number of ether oxygens (including phenoxy) is 1. The average molecular weight is 208 g/mol. The molecule has 0 radical (unpaired) electrons. The largest absolute Gasteiger partial charge is 0.493 e. The van der Waals surface area contributed by atoms with Crippen molar-refractivity contribution in [2.45, 2.75) is 33.8 Å². The fourth-order valence-electron chi connectivity index (χ4n) is 1.32. The molecule has 0 aliphatic carbocycles. The lowest BCUT2D eigenvalue weighted by Crippen LogP contribution is -2.08. The van der Waals surface area contributed by atoms with Crippen molar-refractivity contribution in [3.8, 4) is 5.75 Å². The number of benzene rings is 1. The molecule has 1 atom stereocenters. The second kappa shape index (κ2) is 5.76. The minimum absolute atomic E-state index is 0.0392. The Morgan fingerprint density at radius 1 is 1.40 bits per heavy atom. The Kier molecular flexibility index (Phi) is 4.63. The zero-order valence-corrected chi connectivity index (χ0v) is 9.79. The van der Waals surface area contributed by atoms with E-state index in [2.05, 4.69) is 13.8 Å². The third-order valence-corrected chi connectivity index (χ3v) is 2.61. The summed E-state index contributed by atoms with van der Waals surface area (Å²) >= 11 is 0. The predicted octanol–water partition coefficient (Wildman–Crippen LogP) is 2.91. The van der Waals surface area contributed by atoms with E-state index in [9.17, 15) is 5.11 Å². The van der Waals surface area contributed by atoms with Gasteiger partial charge in [-0.2, -0.15) is 0 Å². The Balaban J connectivity index is 2.67. The van der Waals surface area contributed by atoms with Gasteiger partial charge in [-0.1, -0.05) is 38.0 Å². The molecule has 0 aromatic heterocycles. The molecule has 84 valence electrons. The van der Waals surface area contributed by atoms with Gasteiger partial charge < -0.3 is 9.84 Å². The van der Waals surface area contributed by atoms with E-state index in [1.807, 2.05) is 25.1 Å². The Morgan fingerprint density at radius 2 is 2.13 bits per heavy atom. The first-order chi connectivity index (χ1) is 7.17. The molecule has 1 rings (SSSR count). The molecule has 0 bridgehead atoms. The summed E-state index contributed by atoms with van der Waals surface area (Å²) in [4.78, 5) is 0.